The van der Waals surface area contributed by atoms with Gasteiger partial charge in [0.25, 0.3) is 0 Å². The van der Waals surface area contributed by atoms with Gasteiger partial charge in [-0.3, -0.25) is 0 Å². The summed E-state index contributed by atoms with van der Waals surface area (Å²) in [7, 11) is 0. The van der Waals surface area contributed by atoms with Crippen molar-refractivity contribution in [3.05, 3.63) is 39.7 Å². The summed E-state index contributed by atoms with van der Waals surface area (Å²) in [6, 6.07) is 2.06. The maximum atomic E-state index is 5.89. The van der Waals surface area contributed by atoms with E-state index in [2.05, 4.69) is 31.0 Å². The van der Waals surface area contributed by atoms with Crippen LogP contribution in [0.4, 0.5) is 0 Å². The van der Waals surface area contributed by atoms with Crippen molar-refractivity contribution >= 4 is 34.1 Å². The first-order chi connectivity index (χ1) is 9.67. The highest BCUT2D eigenvalue weighted by Crippen LogP contribution is 2.19. The van der Waals surface area contributed by atoms with Gasteiger partial charge in [0.2, 0.25) is 0 Å². The first-order valence-corrected chi connectivity index (χ1v) is 7.87. The van der Waals surface area contributed by atoms with Crippen molar-refractivity contribution in [2.45, 2.75) is 26.8 Å². The molecule has 0 saturated heterocycles. The summed E-state index contributed by atoms with van der Waals surface area (Å²) in [5, 5.41) is 3.13. The summed E-state index contributed by atoms with van der Waals surface area (Å²) in [6.07, 6.45) is 2.61. The lowest BCUT2D eigenvalue weighted by molar-refractivity contribution is 0.742. The van der Waals surface area contributed by atoms with Crippen LogP contribution >= 0.6 is 22.9 Å². The third-order valence-electron chi connectivity index (χ3n) is 3.08. The fourth-order valence-corrected chi connectivity index (χ4v) is 3.14. The highest BCUT2D eigenvalue weighted by Gasteiger charge is 2.13. The molecule has 0 N–H and O–H groups in total. The Bertz CT molecular complexity index is 747. The molecule has 0 amide bonds. The largest absolute Gasteiger partial charge is 0.306 e. The molecule has 0 spiro atoms. The molecule has 0 unspecified atom stereocenters. The molecule has 0 fully saturated rings. The van der Waals surface area contributed by atoms with Crippen molar-refractivity contribution in [2.75, 3.05) is 5.88 Å². The molecule has 0 aromatic carbocycles. The van der Waals surface area contributed by atoms with Crippen LogP contribution < -0.4 is 0 Å². The number of alkyl halides is 1. The Kier molecular flexibility index (Phi) is 3.72. The number of pyridine rings is 1. The van der Waals surface area contributed by atoms with Gasteiger partial charge in [-0.1, -0.05) is 0 Å². The molecule has 6 heteroatoms. The van der Waals surface area contributed by atoms with E-state index in [-0.39, 0.29) is 0 Å². The highest BCUT2D eigenvalue weighted by atomic mass is 35.5. The lowest BCUT2D eigenvalue weighted by Gasteiger charge is -2.05. The number of halogens is 1. The Morgan fingerprint density at radius 3 is 2.85 bits per heavy atom. The number of thiazole rings is 1. The predicted molar refractivity (Wildman–Crippen MR) is 82.6 cm³/mol. The number of imidazole rings is 1. The summed E-state index contributed by atoms with van der Waals surface area (Å²) < 4.78 is 2.12. The fourth-order valence-electron chi connectivity index (χ4n) is 2.21. The van der Waals surface area contributed by atoms with Crippen LogP contribution in [-0.4, -0.2) is 25.4 Å². The van der Waals surface area contributed by atoms with E-state index in [4.69, 9.17) is 11.6 Å². The summed E-state index contributed by atoms with van der Waals surface area (Å²) in [5.74, 6) is 1.53. The van der Waals surface area contributed by atoms with Crippen molar-refractivity contribution in [2.24, 2.45) is 0 Å². The molecule has 0 aliphatic heterocycles. The van der Waals surface area contributed by atoms with E-state index in [1.165, 1.54) is 0 Å². The minimum atomic E-state index is 0.555. The average molecular weight is 307 g/mol. The Morgan fingerprint density at radius 2 is 2.15 bits per heavy atom. The molecule has 104 valence electrons. The summed E-state index contributed by atoms with van der Waals surface area (Å²) in [6.45, 7) is 4.74. The predicted octanol–water partition coefficient (Wildman–Crippen LogP) is 3.33. The molecule has 0 saturated carbocycles. The molecule has 0 bridgehead atoms. The van der Waals surface area contributed by atoms with E-state index in [1.807, 2.05) is 20.0 Å². The molecule has 20 heavy (non-hydrogen) atoms. The minimum Gasteiger partial charge on any atom is -0.306 e. The SMILES string of the molecule is Cc1cnc2c(c1)nc(CCCl)n2Cc1nc(C)cs1. The van der Waals surface area contributed by atoms with Crippen molar-refractivity contribution in [3.8, 4) is 0 Å². The fraction of sp³-hybridized carbons (Fsp3) is 0.357. The molecule has 3 aromatic heterocycles. The lowest BCUT2D eigenvalue weighted by atomic mass is 10.3. The maximum absolute atomic E-state index is 5.89. The van der Waals surface area contributed by atoms with Crippen molar-refractivity contribution < 1.29 is 0 Å². The minimum absolute atomic E-state index is 0.555. The van der Waals surface area contributed by atoms with Gasteiger partial charge < -0.3 is 4.57 Å². The summed E-state index contributed by atoms with van der Waals surface area (Å²) in [5.41, 5.74) is 4.00. The molecular formula is C14H15ClN4S. The third-order valence-corrected chi connectivity index (χ3v) is 4.22. The van der Waals surface area contributed by atoms with E-state index in [0.717, 1.165) is 39.7 Å². The second-order valence-corrected chi connectivity index (χ2v) is 6.11. The zero-order chi connectivity index (χ0) is 14.1. The number of aromatic nitrogens is 4. The van der Waals surface area contributed by atoms with Crippen LogP contribution in [0.3, 0.4) is 0 Å². The monoisotopic (exact) mass is 306 g/mol. The zero-order valence-corrected chi connectivity index (χ0v) is 13.0. The Labute approximate surface area is 126 Å². The molecule has 3 heterocycles. The second kappa shape index (κ2) is 5.50. The van der Waals surface area contributed by atoms with Crippen molar-refractivity contribution in [3.63, 3.8) is 0 Å². The van der Waals surface area contributed by atoms with Gasteiger partial charge in [0.15, 0.2) is 5.65 Å². The van der Waals surface area contributed by atoms with Crippen LogP contribution in [0, 0.1) is 13.8 Å². The van der Waals surface area contributed by atoms with Gasteiger partial charge in [0, 0.05) is 29.6 Å². The number of hydrogen-bond donors (Lipinski definition) is 0. The van der Waals surface area contributed by atoms with Gasteiger partial charge in [0.1, 0.15) is 16.3 Å². The average Bonchev–Trinajstić information content (AvgIpc) is 2.95. The third kappa shape index (κ3) is 2.55. The smallest absolute Gasteiger partial charge is 0.160 e. The standard InChI is InChI=1S/C14H15ClN4S/c1-9-5-11-14(16-6-9)19(12(18-11)3-4-15)7-13-17-10(2)8-20-13/h5-6,8H,3-4,7H2,1-2H3. The normalized spacial score (nSPS) is 11.3. The van der Waals surface area contributed by atoms with E-state index in [0.29, 0.717) is 12.4 Å². The quantitative estimate of drug-likeness (QED) is 0.694. The molecule has 3 aromatic rings. The Balaban J connectivity index is 2.08. The first-order valence-electron chi connectivity index (χ1n) is 6.46. The number of hydrogen-bond acceptors (Lipinski definition) is 4. The lowest BCUT2D eigenvalue weighted by Crippen LogP contribution is -2.06. The van der Waals surface area contributed by atoms with Crippen LogP contribution in [0.5, 0.6) is 0 Å². The molecule has 0 aliphatic rings. The van der Waals surface area contributed by atoms with Gasteiger partial charge in [-0.05, 0) is 25.5 Å². The van der Waals surface area contributed by atoms with E-state index < -0.39 is 0 Å². The van der Waals surface area contributed by atoms with Gasteiger partial charge in [-0.2, -0.15) is 0 Å². The topological polar surface area (TPSA) is 43.6 Å². The number of rotatable bonds is 4. The van der Waals surface area contributed by atoms with Crippen LogP contribution in [0.1, 0.15) is 22.1 Å². The van der Waals surface area contributed by atoms with Crippen LogP contribution in [-0.2, 0) is 13.0 Å². The van der Waals surface area contributed by atoms with Crippen molar-refractivity contribution in [1.29, 1.82) is 0 Å². The van der Waals surface area contributed by atoms with Gasteiger partial charge in [-0.15, -0.1) is 22.9 Å². The van der Waals surface area contributed by atoms with E-state index >= 15 is 0 Å². The van der Waals surface area contributed by atoms with Crippen LogP contribution in [0.25, 0.3) is 11.2 Å². The van der Waals surface area contributed by atoms with Crippen LogP contribution in [0.15, 0.2) is 17.6 Å². The molecule has 4 nitrogen and oxygen atoms in total. The Hall–Kier alpha value is -1.46. The first kappa shape index (κ1) is 13.5. The van der Waals surface area contributed by atoms with Gasteiger partial charge in [-0.25, -0.2) is 15.0 Å². The van der Waals surface area contributed by atoms with Gasteiger partial charge >= 0.3 is 0 Å². The molecule has 3 rings (SSSR count). The molecule has 0 aliphatic carbocycles. The van der Waals surface area contributed by atoms with Crippen molar-refractivity contribution in [1.82, 2.24) is 19.5 Å². The Morgan fingerprint density at radius 1 is 1.30 bits per heavy atom. The molecular weight excluding hydrogens is 292 g/mol. The summed E-state index contributed by atoms with van der Waals surface area (Å²) >= 11 is 7.55. The zero-order valence-electron chi connectivity index (χ0n) is 11.4. The van der Waals surface area contributed by atoms with Gasteiger partial charge in [0.05, 0.1) is 6.54 Å². The van der Waals surface area contributed by atoms with Crippen LogP contribution in [0.2, 0.25) is 0 Å². The van der Waals surface area contributed by atoms with E-state index in [9.17, 15) is 0 Å². The molecule has 0 atom stereocenters. The number of aryl methyl sites for hydroxylation is 3. The number of nitrogens with zero attached hydrogens (tertiary/aromatic N) is 4. The second-order valence-electron chi connectivity index (χ2n) is 4.79. The number of fused-ring (bicyclic) bond motifs is 1. The highest BCUT2D eigenvalue weighted by molar-refractivity contribution is 7.09. The molecule has 0 radical (unpaired) electrons. The van der Waals surface area contributed by atoms with E-state index in [1.54, 1.807) is 11.3 Å². The summed E-state index contributed by atoms with van der Waals surface area (Å²) in [4.78, 5) is 13.7. The maximum Gasteiger partial charge on any atom is 0.160 e.